The van der Waals surface area contributed by atoms with Gasteiger partial charge >= 0.3 is 0 Å². The Morgan fingerprint density at radius 3 is 2.76 bits per heavy atom. The second-order valence-electron chi connectivity index (χ2n) is 4.41. The Bertz CT molecular complexity index is 406. The van der Waals surface area contributed by atoms with Gasteiger partial charge in [0, 0.05) is 18.6 Å². The van der Waals surface area contributed by atoms with E-state index in [9.17, 15) is 0 Å². The monoisotopic (exact) mass is 274 g/mol. The topological polar surface area (TPSA) is 47.3 Å². The predicted octanol–water partition coefficient (Wildman–Crippen LogP) is 3.41. The molecule has 3 N–H and O–H groups in total. The molecular weight excluding hydrogens is 259 g/mol. The minimum atomic E-state index is 0.303. The molecular formula is C12H16Cl2N2O. The van der Waals surface area contributed by atoms with Crippen LogP contribution in [0.5, 0.6) is 0 Å². The lowest BCUT2D eigenvalue weighted by atomic mass is 10.0. The van der Waals surface area contributed by atoms with Crippen molar-refractivity contribution in [2.75, 3.05) is 24.3 Å². The molecule has 3 nitrogen and oxygen atoms in total. The molecule has 0 saturated carbocycles. The summed E-state index contributed by atoms with van der Waals surface area (Å²) >= 11 is 11.9. The fraction of sp³-hybridized carbons (Fsp3) is 0.500. The zero-order valence-electron chi connectivity index (χ0n) is 9.67. The second-order valence-corrected chi connectivity index (χ2v) is 5.22. The molecule has 94 valence electrons. The largest absolute Gasteiger partial charge is 0.397 e. The first-order chi connectivity index (χ1) is 8.08. The van der Waals surface area contributed by atoms with E-state index in [0.29, 0.717) is 27.7 Å². The number of hydrogen-bond donors (Lipinski definition) is 2. The maximum atomic E-state index is 5.98. The molecule has 0 aliphatic carbocycles. The highest BCUT2D eigenvalue weighted by Gasteiger charge is 2.22. The van der Waals surface area contributed by atoms with Crippen LogP contribution in [0.3, 0.4) is 0 Å². The van der Waals surface area contributed by atoms with Crippen LogP contribution in [-0.2, 0) is 4.74 Å². The number of benzene rings is 1. The minimum Gasteiger partial charge on any atom is -0.397 e. The van der Waals surface area contributed by atoms with Crippen LogP contribution >= 0.6 is 23.2 Å². The van der Waals surface area contributed by atoms with Crippen LogP contribution in [-0.4, -0.2) is 19.3 Å². The Morgan fingerprint density at radius 2 is 2.12 bits per heavy atom. The van der Waals surface area contributed by atoms with Crippen LogP contribution in [0.1, 0.15) is 13.3 Å². The van der Waals surface area contributed by atoms with Crippen molar-refractivity contribution in [3.05, 3.63) is 22.2 Å². The third-order valence-electron chi connectivity index (χ3n) is 3.15. The molecule has 5 heteroatoms. The molecule has 0 aromatic heterocycles. The molecule has 2 atom stereocenters. The molecule has 1 saturated heterocycles. The number of nitrogen functional groups attached to an aromatic ring is 1. The van der Waals surface area contributed by atoms with Crippen LogP contribution in [0, 0.1) is 5.92 Å². The van der Waals surface area contributed by atoms with Gasteiger partial charge in [-0.05, 0) is 25.5 Å². The zero-order chi connectivity index (χ0) is 12.4. The van der Waals surface area contributed by atoms with Gasteiger partial charge in [-0.25, -0.2) is 0 Å². The van der Waals surface area contributed by atoms with Crippen molar-refractivity contribution in [2.24, 2.45) is 5.92 Å². The average Bonchev–Trinajstić information content (AvgIpc) is 2.79. The van der Waals surface area contributed by atoms with E-state index in [0.717, 1.165) is 25.3 Å². The van der Waals surface area contributed by atoms with E-state index in [4.69, 9.17) is 33.7 Å². The van der Waals surface area contributed by atoms with Gasteiger partial charge in [-0.15, -0.1) is 0 Å². The molecule has 1 aliphatic heterocycles. The van der Waals surface area contributed by atoms with E-state index < -0.39 is 0 Å². The molecule has 1 fully saturated rings. The molecule has 1 aromatic carbocycles. The van der Waals surface area contributed by atoms with Crippen molar-refractivity contribution in [2.45, 2.75) is 19.4 Å². The summed E-state index contributed by atoms with van der Waals surface area (Å²) in [6.45, 7) is 3.77. The van der Waals surface area contributed by atoms with Gasteiger partial charge in [-0.2, -0.15) is 0 Å². The lowest BCUT2D eigenvalue weighted by molar-refractivity contribution is 0.183. The SMILES string of the molecule is CC(Nc1cc(Cl)c(Cl)cc1N)C1CCOC1. The van der Waals surface area contributed by atoms with Gasteiger partial charge in [0.2, 0.25) is 0 Å². The summed E-state index contributed by atoms with van der Waals surface area (Å²) in [5, 5.41) is 4.36. The normalized spacial score (nSPS) is 21.5. The van der Waals surface area contributed by atoms with E-state index in [1.807, 2.05) is 0 Å². The second kappa shape index (κ2) is 5.34. The molecule has 2 rings (SSSR count). The smallest absolute Gasteiger partial charge is 0.0614 e. The maximum Gasteiger partial charge on any atom is 0.0614 e. The fourth-order valence-electron chi connectivity index (χ4n) is 2.00. The quantitative estimate of drug-likeness (QED) is 0.831. The maximum absolute atomic E-state index is 5.98. The Balaban J connectivity index is 2.09. The van der Waals surface area contributed by atoms with E-state index in [-0.39, 0.29) is 0 Å². The first-order valence-corrected chi connectivity index (χ1v) is 6.42. The van der Waals surface area contributed by atoms with Crippen molar-refractivity contribution >= 4 is 34.6 Å². The van der Waals surface area contributed by atoms with Crippen molar-refractivity contribution in [1.82, 2.24) is 0 Å². The summed E-state index contributed by atoms with van der Waals surface area (Å²) in [4.78, 5) is 0. The highest BCUT2D eigenvalue weighted by molar-refractivity contribution is 6.42. The van der Waals surface area contributed by atoms with Crippen molar-refractivity contribution in [3.63, 3.8) is 0 Å². The van der Waals surface area contributed by atoms with E-state index in [1.54, 1.807) is 12.1 Å². The Hall–Kier alpha value is -0.640. The minimum absolute atomic E-state index is 0.303. The standard InChI is InChI=1S/C12H16Cl2N2O/c1-7(8-2-3-17-6-8)16-12-5-10(14)9(13)4-11(12)15/h4-5,7-8,16H,2-3,6,15H2,1H3. The number of nitrogens with two attached hydrogens (primary N) is 1. The average molecular weight is 275 g/mol. The predicted molar refractivity (Wildman–Crippen MR) is 72.9 cm³/mol. The third-order valence-corrected chi connectivity index (χ3v) is 3.87. The molecule has 2 unspecified atom stereocenters. The molecule has 1 aromatic rings. The summed E-state index contributed by atoms with van der Waals surface area (Å²) in [7, 11) is 0. The summed E-state index contributed by atoms with van der Waals surface area (Å²) in [5.74, 6) is 0.517. The van der Waals surface area contributed by atoms with E-state index in [2.05, 4.69) is 12.2 Å². The van der Waals surface area contributed by atoms with Gasteiger partial charge in [0.15, 0.2) is 0 Å². The van der Waals surface area contributed by atoms with Crippen LogP contribution in [0.2, 0.25) is 10.0 Å². The first-order valence-electron chi connectivity index (χ1n) is 5.66. The molecule has 1 aliphatic rings. The fourth-order valence-corrected chi connectivity index (χ4v) is 2.33. The lowest BCUT2D eigenvalue weighted by Crippen LogP contribution is -2.26. The van der Waals surface area contributed by atoms with Gasteiger partial charge in [-0.1, -0.05) is 23.2 Å². The molecule has 17 heavy (non-hydrogen) atoms. The van der Waals surface area contributed by atoms with Crippen LogP contribution < -0.4 is 11.1 Å². The van der Waals surface area contributed by atoms with Gasteiger partial charge < -0.3 is 15.8 Å². The number of rotatable bonds is 3. The van der Waals surface area contributed by atoms with Gasteiger partial charge in [0.25, 0.3) is 0 Å². The number of anilines is 2. The zero-order valence-corrected chi connectivity index (χ0v) is 11.2. The highest BCUT2D eigenvalue weighted by Crippen LogP contribution is 2.32. The lowest BCUT2D eigenvalue weighted by Gasteiger charge is -2.21. The summed E-state index contributed by atoms with van der Waals surface area (Å²) in [6, 6.07) is 3.74. The Kier molecular flexibility index (Phi) is 4.02. The molecule has 0 radical (unpaired) electrons. The summed E-state index contributed by atoms with van der Waals surface area (Å²) < 4.78 is 5.37. The van der Waals surface area contributed by atoms with Crippen molar-refractivity contribution in [1.29, 1.82) is 0 Å². The number of halogens is 2. The third kappa shape index (κ3) is 2.97. The van der Waals surface area contributed by atoms with Gasteiger partial charge in [0.05, 0.1) is 28.0 Å². The van der Waals surface area contributed by atoms with Gasteiger partial charge in [-0.3, -0.25) is 0 Å². The van der Waals surface area contributed by atoms with Crippen LogP contribution in [0.4, 0.5) is 11.4 Å². The molecule has 1 heterocycles. The Morgan fingerprint density at radius 1 is 1.41 bits per heavy atom. The van der Waals surface area contributed by atoms with Crippen molar-refractivity contribution in [3.8, 4) is 0 Å². The molecule has 0 amide bonds. The molecule has 0 bridgehead atoms. The number of ether oxygens (including phenoxy) is 1. The Labute approximate surface area is 111 Å². The molecule has 0 spiro atoms. The number of hydrogen-bond acceptors (Lipinski definition) is 3. The van der Waals surface area contributed by atoms with E-state index in [1.165, 1.54) is 0 Å². The van der Waals surface area contributed by atoms with Crippen molar-refractivity contribution < 1.29 is 4.74 Å². The van der Waals surface area contributed by atoms with Crippen LogP contribution in [0.25, 0.3) is 0 Å². The van der Waals surface area contributed by atoms with E-state index >= 15 is 0 Å². The highest BCUT2D eigenvalue weighted by atomic mass is 35.5. The van der Waals surface area contributed by atoms with Gasteiger partial charge in [0.1, 0.15) is 0 Å². The summed E-state index contributed by atoms with van der Waals surface area (Å²) in [6.07, 6.45) is 1.08. The first kappa shape index (κ1) is 12.8. The summed E-state index contributed by atoms with van der Waals surface area (Å²) in [5.41, 5.74) is 7.35. The van der Waals surface area contributed by atoms with Crippen LogP contribution in [0.15, 0.2) is 12.1 Å². The number of nitrogens with one attached hydrogen (secondary N) is 1.